The number of aliphatic hydroxyl groups is 1. The lowest BCUT2D eigenvalue weighted by molar-refractivity contribution is -0.213. The Kier molecular flexibility index (Phi) is 5.16. The highest BCUT2D eigenvalue weighted by Crippen LogP contribution is 2.61. The number of alkyl halides is 1. The van der Waals surface area contributed by atoms with Crippen LogP contribution in [-0.2, 0) is 9.47 Å². The molecule has 0 aromatic heterocycles. The van der Waals surface area contributed by atoms with E-state index in [9.17, 15) is 5.11 Å². The predicted octanol–water partition coefficient (Wildman–Crippen LogP) is 3.54. The largest absolute Gasteiger partial charge is 0.382 e. The maximum Gasteiger partial charge on any atom is 0.229 e. The van der Waals surface area contributed by atoms with Gasteiger partial charge in [0.1, 0.15) is 10.5 Å². The van der Waals surface area contributed by atoms with Crippen LogP contribution >= 0.6 is 34.8 Å². The Bertz CT molecular complexity index is 417. The van der Waals surface area contributed by atoms with E-state index in [2.05, 4.69) is 13.2 Å². The number of methoxy groups -OCH3 is 2. The quantitative estimate of drug-likeness (QED) is 0.461. The van der Waals surface area contributed by atoms with Crippen molar-refractivity contribution in [3.63, 3.8) is 0 Å². The summed E-state index contributed by atoms with van der Waals surface area (Å²) in [6.07, 6.45) is 3.34. The first-order valence-electron chi connectivity index (χ1n) is 5.61. The van der Waals surface area contributed by atoms with E-state index < -0.39 is 16.3 Å². The van der Waals surface area contributed by atoms with E-state index in [1.165, 1.54) is 20.3 Å². The van der Waals surface area contributed by atoms with E-state index in [1.807, 2.05) is 0 Å². The van der Waals surface area contributed by atoms with Gasteiger partial charge in [0.25, 0.3) is 0 Å². The molecule has 0 aromatic carbocycles. The highest BCUT2D eigenvalue weighted by Gasteiger charge is 2.71. The number of hydrogen-bond acceptors (Lipinski definition) is 3. The van der Waals surface area contributed by atoms with E-state index in [-0.39, 0.29) is 22.9 Å². The molecule has 0 saturated heterocycles. The van der Waals surface area contributed by atoms with Gasteiger partial charge in [-0.05, 0) is 6.42 Å². The highest BCUT2D eigenvalue weighted by molar-refractivity contribution is 6.44. The standard InChI is InChI=1S/C13H17Cl3O3/c1-5-7-11(17)9(14)10(15)13(18-3,19-4)12(11,16)8-6-2/h5-6,17H,1-2,7-8H2,3-4H3/t11-,12-/m1/s1. The van der Waals surface area contributed by atoms with Crippen LogP contribution < -0.4 is 0 Å². The van der Waals surface area contributed by atoms with Crippen LogP contribution in [0.3, 0.4) is 0 Å². The van der Waals surface area contributed by atoms with Gasteiger partial charge in [0, 0.05) is 20.6 Å². The number of hydrogen-bond donors (Lipinski definition) is 1. The topological polar surface area (TPSA) is 38.7 Å². The summed E-state index contributed by atoms with van der Waals surface area (Å²) in [5.41, 5.74) is -1.64. The summed E-state index contributed by atoms with van der Waals surface area (Å²) < 4.78 is 10.7. The first-order valence-corrected chi connectivity index (χ1v) is 6.74. The Morgan fingerprint density at radius 1 is 1.11 bits per heavy atom. The molecular formula is C13H17Cl3O3. The summed E-state index contributed by atoms with van der Waals surface area (Å²) in [7, 11) is 2.77. The van der Waals surface area contributed by atoms with E-state index >= 15 is 0 Å². The minimum atomic E-state index is -1.64. The van der Waals surface area contributed by atoms with Gasteiger partial charge in [-0.3, -0.25) is 0 Å². The van der Waals surface area contributed by atoms with Crippen LogP contribution in [0.2, 0.25) is 0 Å². The van der Waals surface area contributed by atoms with Crippen molar-refractivity contribution < 1.29 is 14.6 Å². The average molecular weight is 328 g/mol. The molecule has 108 valence electrons. The molecule has 0 fully saturated rings. The van der Waals surface area contributed by atoms with E-state index in [0.29, 0.717) is 0 Å². The monoisotopic (exact) mass is 326 g/mol. The van der Waals surface area contributed by atoms with E-state index in [0.717, 1.165) is 0 Å². The lowest BCUT2D eigenvalue weighted by Gasteiger charge is -2.45. The van der Waals surface area contributed by atoms with Crippen LogP contribution in [0.4, 0.5) is 0 Å². The maximum absolute atomic E-state index is 10.9. The van der Waals surface area contributed by atoms with Crippen LogP contribution in [0, 0.1) is 0 Å². The molecule has 0 unspecified atom stereocenters. The Hall–Kier alpha value is -0.0300. The van der Waals surface area contributed by atoms with Crippen LogP contribution in [0.15, 0.2) is 35.4 Å². The molecule has 1 aliphatic carbocycles. The van der Waals surface area contributed by atoms with Crippen molar-refractivity contribution in [1.29, 1.82) is 0 Å². The lowest BCUT2D eigenvalue weighted by atomic mass is 9.81. The van der Waals surface area contributed by atoms with Crippen molar-refractivity contribution in [1.82, 2.24) is 0 Å². The van der Waals surface area contributed by atoms with Crippen LogP contribution in [0.5, 0.6) is 0 Å². The molecule has 0 radical (unpaired) electrons. The predicted molar refractivity (Wildman–Crippen MR) is 78.6 cm³/mol. The molecule has 1 aliphatic rings. The fraction of sp³-hybridized carbons (Fsp3) is 0.538. The second-order valence-corrected chi connectivity index (χ2v) is 5.70. The molecule has 0 aromatic rings. The summed E-state index contributed by atoms with van der Waals surface area (Å²) in [5.74, 6) is -1.54. The van der Waals surface area contributed by atoms with E-state index in [1.54, 1.807) is 6.08 Å². The molecular weight excluding hydrogens is 310 g/mol. The molecule has 2 atom stereocenters. The molecule has 3 nitrogen and oxygen atoms in total. The number of ether oxygens (including phenoxy) is 2. The summed E-state index contributed by atoms with van der Waals surface area (Å²) >= 11 is 19.0. The van der Waals surface area contributed by atoms with Crippen molar-refractivity contribution in [3.05, 3.63) is 35.4 Å². The Morgan fingerprint density at radius 2 is 1.58 bits per heavy atom. The third kappa shape index (κ3) is 1.99. The summed E-state index contributed by atoms with van der Waals surface area (Å²) in [6.45, 7) is 7.25. The summed E-state index contributed by atoms with van der Waals surface area (Å²) in [6, 6.07) is 0. The maximum atomic E-state index is 10.9. The molecule has 0 saturated carbocycles. The highest BCUT2D eigenvalue weighted by atomic mass is 35.5. The van der Waals surface area contributed by atoms with Gasteiger partial charge in [0.05, 0.1) is 10.1 Å². The van der Waals surface area contributed by atoms with Crippen LogP contribution in [-0.4, -0.2) is 35.6 Å². The molecule has 0 heterocycles. The second kappa shape index (κ2) is 5.76. The normalized spacial score (nSPS) is 33.6. The van der Waals surface area contributed by atoms with Gasteiger partial charge in [-0.25, -0.2) is 0 Å². The fourth-order valence-electron chi connectivity index (χ4n) is 2.49. The minimum absolute atomic E-state index is 0.00498. The Balaban J connectivity index is 3.58. The zero-order valence-corrected chi connectivity index (χ0v) is 13.1. The van der Waals surface area contributed by atoms with Crippen molar-refractivity contribution in [2.75, 3.05) is 14.2 Å². The Morgan fingerprint density at radius 3 is 1.95 bits per heavy atom. The minimum Gasteiger partial charge on any atom is -0.382 e. The number of allylic oxidation sites excluding steroid dienone is 1. The smallest absolute Gasteiger partial charge is 0.229 e. The van der Waals surface area contributed by atoms with Crippen molar-refractivity contribution in [2.45, 2.75) is 29.1 Å². The lowest BCUT2D eigenvalue weighted by Crippen LogP contribution is -2.61. The molecule has 1 rings (SSSR count). The van der Waals surface area contributed by atoms with Gasteiger partial charge in [0.15, 0.2) is 0 Å². The van der Waals surface area contributed by atoms with Crippen molar-refractivity contribution in [2.24, 2.45) is 0 Å². The summed E-state index contributed by atoms with van der Waals surface area (Å²) in [4.78, 5) is -1.44. The van der Waals surface area contributed by atoms with Crippen molar-refractivity contribution in [3.8, 4) is 0 Å². The number of rotatable bonds is 6. The van der Waals surface area contributed by atoms with Gasteiger partial charge in [-0.1, -0.05) is 35.4 Å². The second-order valence-electron chi connectivity index (χ2n) is 4.30. The van der Waals surface area contributed by atoms with Gasteiger partial charge >= 0.3 is 0 Å². The fourth-order valence-corrected chi connectivity index (χ4v) is 3.96. The first-order chi connectivity index (χ1) is 8.81. The molecule has 19 heavy (non-hydrogen) atoms. The van der Waals surface area contributed by atoms with Crippen molar-refractivity contribution >= 4 is 34.8 Å². The molecule has 0 amide bonds. The van der Waals surface area contributed by atoms with Gasteiger partial charge in [-0.2, -0.15) is 0 Å². The Labute approximate surface area is 128 Å². The molecule has 1 N–H and O–H groups in total. The molecule has 0 aliphatic heterocycles. The van der Waals surface area contributed by atoms with Crippen LogP contribution in [0.1, 0.15) is 12.8 Å². The third-order valence-electron chi connectivity index (χ3n) is 3.46. The number of halogens is 3. The van der Waals surface area contributed by atoms with Gasteiger partial charge in [-0.15, -0.1) is 24.8 Å². The zero-order valence-electron chi connectivity index (χ0n) is 10.9. The third-order valence-corrected chi connectivity index (χ3v) is 5.21. The van der Waals surface area contributed by atoms with E-state index in [4.69, 9.17) is 44.3 Å². The zero-order chi connectivity index (χ0) is 14.9. The SMILES string of the molecule is C=CC[C@@]1(O)C(Cl)=C(Cl)C(OC)(OC)[C@@]1(Cl)CC=C. The average Bonchev–Trinajstić information content (AvgIpc) is 2.50. The van der Waals surface area contributed by atoms with Crippen LogP contribution in [0.25, 0.3) is 0 Å². The van der Waals surface area contributed by atoms with Gasteiger partial charge < -0.3 is 14.6 Å². The molecule has 0 spiro atoms. The molecule has 0 bridgehead atoms. The molecule has 6 heteroatoms. The summed E-state index contributed by atoms with van der Waals surface area (Å²) in [5, 5.41) is 10.9. The first kappa shape index (κ1) is 17.0. The van der Waals surface area contributed by atoms with Gasteiger partial charge in [0.2, 0.25) is 5.79 Å².